The number of carbonyl (C=O) groups is 1. The van der Waals surface area contributed by atoms with Crippen molar-refractivity contribution in [2.75, 3.05) is 24.5 Å². The summed E-state index contributed by atoms with van der Waals surface area (Å²) in [6.07, 6.45) is 0.702. The Labute approximate surface area is 152 Å². The van der Waals surface area contributed by atoms with Crippen molar-refractivity contribution in [2.24, 2.45) is 0 Å². The van der Waals surface area contributed by atoms with Gasteiger partial charge >= 0.3 is 0 Å². The lowest BCUT2D eigenvalue weighted by Crippen LogP contribution is -2.25. The average Bonchev–Trinajstić information content (AvgIpc) is 2.63. The van der Waals surface area contributed by atoms with Gasteiger partial charge in [-0.3, -0.25) is 9.52 Å². The van der Waals surface area contributed by atoms with E-state index in [-0.39, 0.29) is 16.5 Å². The van der Waals surface area contributed by atoms with Gasteiger partial charge in [0.2, 0.25) is 0 Å². The Morgan fingerprint density at radius 3 is 2.35 bits per heavy atom. The zero-order valence-electron chi connectivity index (χ0n) is 14.4. The van der Waals surface area contributed by atoms with E-state index in [2.05, 4.69) is 10.0 Å². The predicted octanol–water partition coefficient (Wildman–Crippen LogP) is 2.78. The summed E-state index contributed by atoms with van der Waals surface area (Å²) in [5.41, 5.74) is 0.615. The van der Waals surface area contributed by atoms with E-state index in [0.717, 1.165) is 12.1 Å². The second-order valence-electron chi connectivity index (χ2n) is 5.44. The molecule has 8 heteroatoms. The van der Waals surface area contributed by atoms with Gasteiger partial charge in [-0.2, -0.15) is 0 Å². The van der Waals surface area contributed by atoms with Gasteiger partial charge in [0.15, 0.2) is 0 Å². The molecule has 0 radical (unpaired) electrons. The van der Waals surface area contributed by atoms with Gasteiger partial charge < -0.3 is 10.1 Å². The van der Waals surface area contributed by atoms with Crippen molar-refractivity contribution < 1.29 is 22.3 Å². The molecule has 2 rings (SSSR count). The van der Waals surface area contributed by atoms with Crippen LogP contribution in [0.4, 0.5) is 10.1 Å². The van der Waals surface area contributed by atoms with Crippen molar-refractivity contribution in [3.8, 4) is 0 Å². The van der Waals surface area contributed by atoms with Gasteiger partial charge in [-0.05, 0) is 61.9 Å². The van der Waals surface area contributed by atoms with Gasteiger partial charge in [-0.15, -0.1) is 0 Å². The maximum atomic E-state index is 12.9. The summed E-state index contributed by atoms with van der Waals surface area (Å²) in [5, 5.41) is 2.74. The normalized spacial score (nSPS) is 11.2. The van der Waals surface area contributed by atoms with E-state index in [1.54, 1.807) is 0 Å². The van der Waals surface area contributed by atoms with Crippen molar-refractivity contribution in [3.63, 3.8) is 0 Å². The Hall–Kier alpha value is -2.45. The van der Waals surface area contributed by atoms with Gasteiger partial charge in [-0.1, -0.05) is 0 Å². The molecular weight excluding hydrogens is 359 g/mol. The number of nitrogens with one attached hydrogen (secondary N) is 2. The molecule has 1 amide bonds. The van der Waals surface area contributed by atoms with E-state index < -0.39 is 15.8 Å². The van der Waals surface area contributed by atoms with E-state index in [9.17, 15) is 17.6 Å². The Morgan fingerprint density at radius 1 is 1.08 bits per heavy atom. The average molecular weight is 380 g/mol. The molecule has 2 aromatic carbocycles. The first-order valence-corrected chi connectivity index (χ1v) is 9.65. The first kappa shape index (κ1) is 19.9. The van der Waals surface area contributed by atoms with Crippen molar-refractivity contribution >= 4 is 21.6 Å². The van der Waals surface area contributed by atoms with Gasteiger partial charge in [0.25, 0.3) is 15.9 Å². The summed E-state index contributed by atoms with van der Waals surface area (Å²) in [6, 6.07) is 10.6. The fourth-order valence-corrected chi connectivity index (χ4v) is 3.20. The van der Waals surface area contributed by atoms with E-state index >= 15 is 0 Å². The van der Waals surface area contributed by atoms with Gasteiger partial charge in [0.1, 0.15) is 5.82 Å². The summed E-state index contributed by atoms with van der Waals surface area (Å²) in [7, 11) is -3.82. The highest BCUT2D eigenvalue weighted by molar-refractivity contribution is 7.92. The van der Waals surface area contributed by atoms with Gasteiger partial charge in [0, 0.05) is 31.0 Å². The minimum absolute atomic E-state index is 0.00900. The van der Waals surface area contributed by atoms with Crippen molar-refractivity contribution in [3.05, 3.63) is 59.9 Å². The molecule has 0 heterocycles. The fraction of sp³-hybridized carbons (Fsp3) is 0.278. The number of sulfonamides is 1. The highest BCUT2D eigenvalue weighted by Gasteiger charge is 2.15. The number of ether oxygens (including phenoxy) is 1. The third-order valence-electron chi connectivity index (χ3n) is 3.48. The lowest BCUT2D eigenvalue weighted by Gasteiger charge is -2.09. The number of halogens is 1. The summed E-state index contributed by atoms with van der Waals surface area (Å²) < 4.78 is 45.1. The van der Waals surface area contributed by atoms with Crippen molar-refractivity contribution in [2.45, 2.75) is 18.2 Å². The van der Waals surface area contributed by atoms with Crippen LogP contribution in [0.25, 0.3) is 0 Å². The monoisotopic (exact) mass is 380 g/mol. The quantitative estimate of drug-likeness (QED) is 0.655. The minimum atomic E-state index is -3.82. The molecule has 0 saturated carbocycles. The molecular formula is C18H21FN2O4S. The molecule has 0 bridgehead atoms. The Bertz CT molecular complexity index is 821. The number of hydrogen-bond donors (Lipinski definition) is 2. The molecule has 2 N–H and O–H groups in total. The highest BCUT2D eigenvalue weighted by Crippen LogP contribution is 2.17. The minimum Gasteiger partial charge on any atom is -0.382 e. The van der Waals surface area contributed by atoms with Crippen LogP contribution in [-0.4, -0.2) is 34.1 Å². The number of rotatable bonds is 9. The molecule has 0 spiro atoms. The first-order chi connectivity index (χ1) is 12.4. The van der Waals surface area contributed by atoms with Crippen LogP contribution in [0, 0.1) is 5.82 Å². The molecule has 0 fully saturated rings. The van der Waals surface area contributed by atoms with Crippen LogP contribution in [-0.2, 0) is 14.8 Å². The maximum absolute atomic E-state index is 12.9. The van der Waals surface area contributed by atoms with Crippen LogP contribution in [0.1, 0.15) is 23.7 Å². The second kappa shape index (κ2) is 9.30. The summed E-state index contributed by atoms with van der Waals surface area (Å²) >= 11 is 0. The van der Waals surface area contributed by atoms with Gasteiger partial charge in [0.05, 0.1) is 4.90 Å². The SMILES string of the molecule is CCOCCCNC(=O)c1ccc(S(=O)(=O)Nc2ccc(F)cc2)cc1. The summed E-state index contributed by atoms with van der Waals surface area (Å²) in [6.45, 7) is 3.59. The molecule has 2 aromatic rings. The van der Waals surface area contributed by atoms with Crippen LogP contribution in [0.15, 0.2) is 53.4 Å². The Kier molecular flexibility index (Phi) is 7.11. The maximum Gasteiger partial charge on any atom is 0.261 e. The second-order valence-corrected chi connectivity index (χ2v) is 7.13. The number of hydrogen-bond acceptors (Lipinski definition) is 4. The Morgan fingerprint density at radius 2 is 1.73 bits per heavy atom. The molecule has 0 saturated heterocycles. The molecule has 0 aliphatic rings. The van der Waals surface area contributed by atoms with E-state index in [1.807, 2.05) is 6.92 Å². The van der Waals surface area contributed by atoms with Crippen LogP contribution < -0.4 is 10.0 Å². The van der Waals surface area contributed by atoms with E-state index in [0.29, 0.717) is 31.7 Å². The summed E-state index contributed by atoms with van der Waals surface area (Å²) in [5.74, 6) is -0.735. The number of amides is 1. The number of benzene rings is 2. The molecule has 140 valence electrons. The molecule has 0 aromatic heterocycles. The molecule has 26 heavy (non-hydrogen) atoms. The zero-order chi connectivity index (χ0) is 19.0. The molecule has 0 aliphatic heterocycles. The number of carbonyl (C=O) groups excluding carboxylic acids is 1. The van der Waals surface area contributed by atoms with Crippen molar-refractivity contribution in [1.82, 2.24) is 5.32 Å². The largest absolute Gasteiger partial charge is 0.382 e. The molecule has 0 unspecified atom stereocenters. The highest BCUT2D eigenvalue weighted by atomic mass is 32.2. The molecule has 6 nitrogen and oxygen atoms in total. The topological polar surface area (TPSA) is 84.5 Å². The lowest BCUT2D eigenvalue weighted by atomic mass is 10.2. The Balaban J connectivity index is 1.96. The summed E-state index contributed by atoms with van der Waals surface area (Å²) in [4.78, 5) is 12.0. The van der Waals surface area contributed by atoms with Crippen LogP contribution in [0.2, 0.25) is 0 Å². The lowest BCUT2D eigenvalue weighted by molar-refractivity contribution is 0.0944. The third-order valence-corrected chi connectivity index (χ3v) is 4.88. The van der Waals surface area contributed by atoms with Crippen LogP contribution in [0.3, 0.4) is 0 Å². The van der Waals surface area contributed by atoms with E-state index in [4.69, 9.17) is 4.74 Å². The smallest absolute Gasteiger partial charge is 0.261 e. The third kappa shape index (κ3) is 5.82. The van der Waals surface area contributed by atoms with Crippen LogP contribution in [0.5, 0.6) is 0 Å². The first-order valence-electron chi connectivity index (χ1n) is 8.17. The van der Waals surface area contributed by atoms with Crippen LogP contribution >= 0.6 is 0 Å². The van der Waals surface area contributed by atoms with Crippen molar-refractivity contribution in [1.29, 1.82) is 0 Å². The predicted molar refractivity (Wildman–Crippen MR) is 97.1 cm³/mol. The standard InChI is InChI=1S/C18H21FN2O4S/c1-2-25-13-3-12-20-18(22)14-4-10-17(11-5-14)26(23,24)21-16-8-6-15(19)7-9-16/h4-11,21H,2-3,12-13H2,1H3,(H,20,22). The van der Waals surface area contributed by atoms with E-state index in [1.165, 1.54) is 36.4 Å². The van der Waals surface area contributed by atoms with Gasteiger partial charge in [-0.25, -0.2) is 12.8 Å². The molecule has 0 aliphatic carbocycles. The zero-order valence-corrected chi connectivity index (χ0v) is 15.2. The molecule has 0 atom stereocenters. The number of anilines is 1. The fourth-order valence-electron chi connectivity index (χ4n) is 2.14.